The van der Waals surface area contributed by atoms with Crippen LogP contribution in [-0.4, -0.2) is 89.3 Å². The first kappa shape index (κ1) is 19.1. The molecule has 1 aromatic heterocycles. The number of ether oxygens (including phenoxy) is 4. The Morgan fingerprint density at radius 3 is 2.88 bits per heavy atom. The highest BCUT2D eigenvalue weighted by Crippen LogP contribution is 2.38. The maximum Gasteiger partial charge on any atom is 0.236 e. The van der Waals surface area contributed by atoms with E-state index in [1.165, 1.54) is 0 Å². The van der Waals surface area contributed by atoms with E-state index >= 15 is 0 Å². The van der Waals surface area contributed by atoms with Crippen molar-refractivity contribution < 1.29 is 29.2 Å². The van der Waals surface area contributed by atoms with Gasteiger partial charge < -0.3 is 40.2 Å². The van der Waals surface area contributed by atoms with E-state index in [0.29, 0.717) is 31.5 Å². The van der Waals surface area contributed by atoms with Gasteiger partial charge in [-0.1, -0.05) is 0 Å². The second kappa shape index (κ2) is 8.37. The molecule has 25 heavy (non-hydrogen) atoms. The van der Waals surface area contributed by atoms with Crippen molar-refractivity contribution in [2.75, 3.05) is 44.9 Å². The molecule has 10 nitrogen and oxygen atoms in total. The lowest BCUT2D eigenvalue weighted by Gasteiger charge is -2.42. The van der Waals surface area contributed by atoms with Crippen LogP contribution in [0.3, 0.4) is 0 Å². The molecular formula is C13H21ClN4O6S. The number of halogens is 1. The van der Waals surface area contributed by atoms with E-state index in [4.69, 9.17) is 36.3 Å². The summed E-state index contributed by atoms with van der Waals surface area (Å²) in [6, 6.07) is -0.706. The van der Waals surface area contributed by atoms with Gasteiger partial charge in [0.2, 0.25) is 10.4 Å². The summed E-state index contributed by atoms with van der Waals surface area (Å²) in [5, 5.41) is 24.5. The van der Waals surface area contributed by atoms with Crippen LogP contribution >= 0.6 is 23.1 Å². The SMILES string of the molecule is NCCOCCOC[C@@]12CO[C@@H](O1)[C@H](Nc1nc(Cl)ns1)[C@@H](O)[C@H]2O. The largest absolute Gasteiger partial charge is 0.388 e. The van der Waals surface area contributed by atoms with Gasteiger partial charge in [-0.3, -0.25) is 0 Å². The van der Waals surface area contributed by atoms with E-state index in [-0.39, 0.29) is 18.5 Å². The molecule has 0 spiro atoms. The first-order chi connectivity index (χ1) is 12.1. The number of anilines is 1. The number of rotatable bonds is 9. The van der Waals surface area contributed by atoms with E-state index in [2.05, 4.69) is 14.7 Å². The Morgan fingerprint density at radius 2 is 2.16 bits per heavy atom. The second-order valence-electron chi connectivity index (χ2n) is 5.79. The number of aromatic nitrogens is 2. The van der Waals surface area contributed by atoms with E-state index in [1.807, 2.05) is 0 Å². The van der Waals surface area contributed by atoms with Crippen LogP contribution in [0.15, 0.2) is 0 Å². The third-order valence-corrected chi connectivity index (χ3v) is 4.95. The van der Waals surface area contributed by atoms with Crippen molar-refractivity contribution in [1.29, 1.82) is 0 Å². The highest BCUT2D eigenvalue weighted by atomic mass is 35.5. The van der Waals surface area contributed by atoms with Crippen LogP contribution in [0.4, 0.5) is 5.13 Å². The van der Waals surface area contributed by atoms with Crippen LogP contribution in [-0.2, 0) is 18.9 Å². The van der Waals surface area contributed by atoms with E-state index in [0.717, 1.165) is 11.5 Å². The molecule has 2 saturated heterocycles. The lowest BCUT2D eigenvalue weighted by molar-refractivity contribution is -0.230. The number of nitrogens with two attached hydrogens (primary N) is 1. The van der Waals surface area contributed by atoms with Gasteiger partial charge in [-0.25, -0.2) is 0 Å². The quantitative estimate of drug-likeness (QED) is 0.376. The fourth-order valence-corrected chi connectivity index (χ4v) is 3.55. The zero-order chi connectivity index (χ0) is 17.9. The Bertz CT molecular complexity index is 568. The van der Waals surface area contributed by atoms with E-state index in [9.17, 15) is 10.2 Å². The molecule has 12 heteroatoms. The summed E-state index contributed by atoms with van der Waals surface area (Å²) in [6.07, 6.45) is -3.09. The van der Waals surface area contributed by atoms with Gasteiger partial charge in [0, 0.05) is 18.1 Å². The third-order valence-electron chi connectivity index (χ3n) is 4.04. The summed E-state index contributed by atoms with van der Waals surface area (Å²) in [4.78, 5) is 3.96. The minimum Gasteiger partial charge on any atom is -0.388 e. The Hall–Kier alpha value is -0.630. The number of aliphatic hydroxyl groups excluding tert-OH is 2. The van der Waals surface area contributed by atoms with Crippen molar-refractivity contribution in [3.63, 3.8) is 0 Å². The number of nitrogens with zero attached hydrogens (tertiary/aromatic N) is 2. The normalized spacial score (nSPS) is 34.4. The number of fused-ring (bicyclic) bond motifs is 2. The number of aliphatic hydroxyl groups is 2. The summed E-state index contributed by atoms with van der Waals surface area (Å²) in [5.41, 5.74) is 4.21. The summed E-state index contributed by atoms with van der Waals surface area (Å²) in [5.74, 6) is 0. The Kier molecular flexibility index (Phi) is 6.41. The van der Waals surface area contributed by atoms with Crippen LogP contribution in [0.2, 0.25) is 5.28 Å². The standard InChI is InChI=1S/C13H21ClN4O6S/c14-11-17-12(25-18-11)16-7-8(19)9(20)13(6-23-10(7)24-13)5-22-4-3-21-2-1-15/h7-10,19-20H,1-6,15H2,(H,16,17,18)/t7-,8-,9-,10+,13+/m1/s1. The molecule has 5 atom stereocenters. The Labute approximate surface area is 153 Å². The van der Waals surface area contributed by atoms with Gasteiger partial charge in [0.1, 0.15) is 23.9 Å². The van der Waals surface area contributed by atoms with Gasteiger partial charge in [0.15, 0.2) is 6.29 Å². The maximum absolute atomic E-state index is 10.5. The van der Waals surface area contributed by atoms with Crippen molar-refractivity contribution in [3.05, 3.63) is 5.28 Å². The second-order valence-corrected chi connectivity index (χ2v) is 6.88. The number of hydrogen-bond donors (Lipinski definition) is 4. The molecule has 0 unspecified atom stereocenters. The first-order valence-corrected chi connectivity index (χ1v) is 8.98. The number of nitrogens with one attached hydrogen (secondary N) is 1. The summed E-state index contributed by atoms with van der Waals surface area (Å²) in [7, 11) is 0. The molecule has 1 aromatic rings. The molecule has 2 aliphatic rings. The summed E-state index contributed by atoms with van der Waals surface area (Å²) in [6.45, 7) is 1.80. The van der Waals surface area contributed by atoms with Crippen molar-refractivity contribution in [2.45, 2.75) is 30.1 Å². The first-order valence-electron chi connectivity index (χ1n) is 7.82. The van der Waals surface area contributed by atoms with Gasteiger partial charge in [0.25, 0.3) is 0 Å². The molecule has 5 N–H and O–H groups in total. The highest BCUT2D eigenvalue weighted by Gasteiger charge is 2.59. The molecule has 2 fully saturated rings. The van der Waals surface area contributed by atoms with Crippen molar-refractivity contribution >= 4 is 28.3 Å². The third kappa shape index (κ3) is 4.21. The average Bonchev–Trinajstić information content (AvgIpc) is 3.19. The highest BCUT2D eigenvalue weighted by molar-refractivity contribution is 7.09. The van der Waals surface area contributed by atoms with Crippen molar-refractivity contribution in [2.24, 2.45) is 5.73 Å². The van der Waals surface area contributed by atoms with Crippen LogP contribution < -0.4 is 11.1 Å². The molecule has 0 aromatic carbocycles. The molecule has 3 rings (SSSR count). The topological polar surface area (TPSA) is 141 Å². The molecule has 2 aliphatic heterocycles. The van der Waals surface area contributed by atoms with Gasteiger partial charge in [-0.05, 0) is 11.6 Å². The maximum atomic E-state index is 10.5. The molecule has 142 valence electrons. The Balaban J connectivity index is 1.55. The van der Waals surface area contributed by atoms with Gasteiger partial charge in [-0.15, -0.1) is 0 Å². The van der Waals surface area contributed by atoms with Gasteiger partial charge in [-0.2, -0.15) is 9.36 Å². The predicted molar refractivity (Wildman–Crippen MR) is 88.6 cm³/mol. The smallest absolute Gasteiger partial charge is 0.236 e. The monoisotopic (exact) mass is 396 g/mol. The van der Waals surface area contributed by atoms with Gasteiger partial charge in [0.05, 0.1) is 33.0 Å². The molecule has 0 amide bonds. The summed E-state index contributed by atoms with van der Waals surface area (Å²) >= 11 is 6.73. The van der Waals surface area contributed by atoms with Crippen LogP contribution in [0.5, 0.6) is 0 Å². The van der Waals surface area contributed by atoms with Crippen LogP contribution in [0.1, 0.15) is 0 Å². The van der Waals surface area contributed by atoms with Crippen molar-refractivity contribution in [3.8, 4) is 0 Å². The molecule has 2 bridgehead atoms. The average molecular weight is 397 g/mol. The van der Waals surface area contributed by atoms with Crippen molar-refractivity contribution in [1.82, 2.24) is 9.36 Å². The fraction of sp³-hybridized carbons (Fsp3) is 0.846. The predicted octanol–water partition coefficient (Wildman–Crippen LogP) is -1.19. The fourth-order valence-electron chi connectivity index (χ4n) is 2.79. The van der Waals surface area contributed by atoms with E-state index < -0.39 is 30.1 Å². The number of hydrogen-bond acceptors (Lipinski definition) is 11. The lowest BCUT2D eigenvalue weighted by atomic mass is 9.88. The zero-order valence-electron chi connectivity index (χ0n) is 13.3. The summed E-state index contributed by atoms with van der Waals surface area (Å²) < 4.78 is 26.0. The molecule has 0 saturated carbocycles. The van der Waals surface area contributed by atoms with E-state index in [1.54, 1.807) is 0 Å². The molecule has 3 heterocycles. The minimum atomic E-state index is -1.20. The molecule has 0 radical (unpaired) electrons. The van der Waals surface area contributed by atoms with Crippen LogP contribution in [0.25, 0.3) is 0 Å². The zero-order valence-corrected chi connectivity index (χ0v) is 14.9. The molecular weight excluding hydrogens is 376 g/mol. The van der Waals surface area contributed by atoms with Crippen LogP contribution in [0, 0.1) is 0 Å². The lowest BCUT2D eigenvalue weighted by Crippen LogP contribution is -2.64. The Morgan fingerprint density at radius 1 is 1.36 bits per heavy atom. The molecule has 0 aliphatic carbocycles. The van der Waals surface area contributed by atoms with Gasteiger partial charge >= 0.3 is 0 Å². The minimum absolute atomic E-state index is 0.0745.